The molecule has 4 N–H and O–H groups in total. The van der Waals surface area contributed by atoms with Gasteiger partial charge in [-0.3, -0.25) is 0 Å². The lowest BCUT2D eigenvalue weighted by Gasteiger charge is -2.08. The van der Waals surface area contributed by atoms with Gasteiger partial charge in [0.05, 0.1) is 0 Å². The van der Waals surface area contributed by atoms with Gasteiger partial charge in [-0.2, -0.15) is 0 Å². The first kappa shape index (κ1) is 18.9. The molecule has 0 unspecified atom stereocenters. The number of nitrogens with one attached hydrogen (secondary N) is 2. The monoisotopic (exact) mass is 370 g/mol. The van der Waals surface area contributed by atoms with E-state index in [1.807, 2.05) is 56.6 Å². The highest BCUT2D eigenvalue weighted by molar-refractivity contribution is 5.99. The van der Waals surface area contributed by atoms with Crippen LogP contribution in [0.25, 0.3) is 21.5 Å². The number of fused-ring (bicyclic) bond motifs is 2. The fraction of sp³-hybridized carbons (Fsp3) is 0.0833. The molecule has 0 atom stereocenters. The van der Waals surface area contributed by atoms with E-state index in [9.17, 15) is 10.2 Å². The molecule has 4 aromatic carbocycles. The molecule has 0 heterocycles. The highest BCUT2D eigenvalue weighted by Gasteiger charge is 2.05. The lowest BCUT2D eigenvalue weighted by atomic mass is 10.0. The first-order valence-corrected chi connectivity index (χ1v) is 8.87. The number of rotatable bonds is 2. The summed E-state index contributed by atoms with van der Waals surface area (Å²) in [6.45, 7) is 0. The van der Waals surface area contributed by atoms with Gasteiger partial charge in [0.1, 0.15) is 11.5 Å². The second-order valence-electron chi connectivity index (χ2n) is 6.26. The van der Waals surface area contributed by atoms with Crippen molar-refractivity contribution in [3.8, 4) is 23.8 Å². The average molecular weight is 370 g/mol. The smallest absolute Gasteiger partial charge is 0.118 e. The predicted octanol–water partition coefficient (Wildman–Crippen LogP) is 5.16. The van der Waals surface area contributed by atoms with Crippen molar-refractivity contribution in [1.82, 2.24) is 0 Å². The van der Waals surface area contributed by atoms with Crippen LogP contribution in [0.4, 0.5) is 11.4 Å². The molecule has 0 aliphatic heterocycles. The van der Waals surface area contributed by atoms with E-state index in [1.165, 1.54) is 0 Å². The van der Waals surface area contributed by atoms with Gasteiger partial charge in [0, 0.05) is 53.9 Å². The Kier molecular flexibility index (Phi) is 5.57. The van der Waals surface area contributed by atoms with E-state index in [2.05, 4.69) is 16.6 Å². The van der Waals surface area contributed by atoms with Crippen molar-refractivity contribution in [2.75, 3.05) is 24.7 Å². The highest BCUT2D eigenvalue weighted by atomic mass is 16.3. The van der Waals surface area contributed by atoms with E-state index in [1.54, 1.807) is 24.3 Å². The molecule has 140 valence electrons. The van der Waals surface area contributed by atoms with Crippen molar-refractivity contribution < 1.29 is 10.2 Å². The summed E-state index contributed by atoms with van der Waals surface area (Å²) in [7, 11) is 3.66. The Morgan fingerprint density at radius 1 is 0.750 bits per heavy atom. The quantitative estimate of drug-likeness (QED) is 0.368. The van der Waals surface area contributed by atoms with E-state index < -0.39 is 0 Å². The highest BCUT2D eigenvalue weighted by Crippen LogP contribution is 2.31. The SMILES string of the molecule is C#Cc1cccc2cc(O)cc(NC)c12.CNc1cc(O)cc2ccccc12. The predicted molar refractivity (Wildman–Crippen MR) is 118 cm³/mol. The summed E-state index contributed by atoms with van der Waals surface area (Å²) in [6.07, 6.45) is 5.44. The van der Waals surface area contributed by atoms with Gasteiger partial charge in [-0.1, -0.05) is 42.3 Å². The third kappa shape index (κ3) is 3.79. The lowest BCUT2D eigenvalue weighted by molar-refractivity contribution is 0.476. The van der Waals surface area contributed by atoms with Crippen molar-refractivity contribution in [3.63, 3.8) is 0 Å². The van der Waals surface area contributed by atoms with E-state index in [4.69, 9.17) is 6.42 Å². The Labute approximate surface area is 164 Å². The van der Waals surface area contributed by atoms with E-state index in [0.29, 0.717) is 5.75 Å². The number of terminal acetylenes is 1. The minimum atomic E-state index is 0.237. The first-order valence-electron chi connectivity index (χ1n) is 8.87. The largest absolute Gasteiger partial charge is 0.508 e. The molecule has 0 amide bonds. The van der Waals surface area contributed by atoms with Crippen molar-refractivity contribution in [2.45, 2.75) is 0 Å². The number of hydrogen-bond donors (Lipinski definition) is 4. The van der Waals surface area contributed by atoms with Crippen molar-refractivity contribution >= 4 is 32.9 Å². The minimum absolute atomic E-state index is 0.237. The maximum Gasteiger partial charge on any atom is 0.118 e. The van der Waals surface area contributed by atoms with Gasteiger partial charge in [0.2, 0.25) is 0 Å². The maximum atomic E-state index is 9.51. The van der Waals surface area contributed by atoms with Gasteiger partial charge in [-0.15, -0.1) is 6.42 Å². The summed E-state index contributed by atoms with van der Waals surface area (Å²) in [4.78, 5) is 0. The van der Waals surface area contributed by atoms with E-state index >= 15 is 0 Å². The summed E-state index contributed by atoms with van der Waals surface area (Å²) in [5.74, 6) is 3.17. The van der Waals surface area contributed by atoms with Gasteiger partial charge in [0.25, 0.3) is 0 Å². The third-order valence-electron chi connectivity index (χ3n) is 4.50. The summed E-state index contributed by atoms with van der Waals surface area (Å²) >= 11 is 0. The van der Waals surface area contributed by atoms with Crippen molar-refractivity contribution in [2.24, 2.45) is 0 Å². The standard InChI is InChI=1S/C13H11NO.C11H11NO/c1-3-9-5-4-6-10-7-11(15)8-12(14-2)13(9)10;1-12-11-7-9(13)6-8-4-2-3-5-10(8)11/h1,4-8,14-15H,2H3;2-7,12-13H,1H3. The van der Waals surface area contributed by atoms with Gasteiger partial charge in [-0.05, 0) is 29.0 Å². The number of anilines is 2. The number of phenols is 2. The molecule has 0 saturated heterocycles. The van der Waals surface area contributed by atoms with Gasteiger partial charge in [-0.25, -0.2) is 0 Å². The second kappa shape index (κ2) is 8.24. The molecule has 4 rings (SSSR count). The zero-order valence-electron chi connectivity index (χ0n) is 15.8. The Balaban J connectivity index is 0.000000162. The molecule has 0 radical (unpaired) electrons. The molecule has 28 heavy (non-hydrogen) atoms. The number of benzene rings is 4. The van der Waals surface area contributed by atoms with Crippen LogP contribution < -0.4 is 10.6 Å². The van der Waals surface area contributed by atoms with Gasteiger partial charge in [0.15, 0.2) is 0 Å². The lowest BCUT2D eigenvalue weighted by Crippen LogP contribution is -1.91. The number of aromatic hydroxyl groups is 2. The fourth-order valence-electron chi connectivity index (χ4n) is 3.23. The fourth-order valence-corrected chi connectivity index (χ4v) is 3.23. The maximum absolute atomic E-state index is 9.51. The van der Waals surface area contributed by atoms with Crippen molar-refractivity contribution in [1.29, 1.82) is 0 Å². The molecule has 0 fully saturated rings. The van der Waals surface area contributed by atoms with Crippen LogP contribution in [0.15, 0.2) is 66.7 Å². The van der Waals surface area contributed by atoms with Crippen LogP contribution in [0.2, 0.25) is 0 Å². The van der Waals surface area contributed by atoms with Gasteiger partial charge >= 0.3 is 0 Å². The number of phenolic OH excluding ortho intramolecular Hbond substituents is 2. The molecular weight excluding hydrogens is 348 g/mol. The number of hydrogen-bond acceptors (Lipinski definition) is 4. The molecule has 4 nitrogen and oxygen atoms in total. The molecule has 0 aliphatic rings. The average Bonchev–Trinajstić information content (AvgIpc) is 2.72. The van der Waals surface area contributed by atoms with Crippen molar-refractivity contribution in [3.05, 3.63) is 72.3 Å². The van der Waals surface area contributed by atoms with Crippen LogP contribution in [0.3, 0.4) is 0 Å². The summed E-state index contributed by atoms with van der Waals surface area (Å²) in [6, 6.07) is 20.5. The minimum Gasteiger partial charge on any atom is -0.508 e. The summed E-state index contributed by atoms with van der Waals surface area (Å²) < 4.78 is 0. The molecule has 0 aromatic heterocycles. The molecule has 0 saturated carbocycles. The molecule has 0 spiro atoms. The summed E-state index contributed by atoms with van der Waals surface area (Å²) in [5.41, 5.74) is 2.63. The van der Waals surface area contributed by atoms with Crippen LogP contribution in [-0.4, -0.2) is 24.3 Å². The Bertz CT molecular complexity index is 1180. The third-order valence-corrected chi connectivity index (χ3v) is 4.50. The van der Waals surface area contributed by atoms with Crippen LogP contribution in [-0.2, 0) is 0 Å². The molecule has 0 bridgehead atoms. The molecule has 4 heteroatoms. The Morgan fingerprint density at radius 2 is 1.36 bits per heavy atom. The topological polar surface area (TPSA) is 64.5 Å². The molecule has 0 aliphatic carbocycles. The van der Waals surface area contributed by atoms with Crippen LogP contribution in [0, 0.1) is 12.3 Å². The Morgan fingerprint density at radius 3 is 2.04 bits per heavy atom. The molecular formula is C24H22N2O2. The summed E-state index contributed by atoms with van der Waals surface area (Å²) in [5, 5.41) is 29.1. The van der Waals surface area contributed by atoms with E-state index in [0.717, 1.165) is 38.5 Å². The first-order chi connectivity index (χ1) is 13.6. The zero-order chi connectivity index (χ0) is 20.1. The second-order valence-corrected chi connectivity index (χ2v) is 6.26. The van der Waals surface area contributed by atoms with Crippen LogP contribution in [0.5, 0.6) is 11.5 Å². The van der Waals surface area contributed by atoms with E-state index in [-0.39, 0.29) is 5.75 Å². The normalized spacial score (nSPS) is 10.0. The molecule has 4 aromatic rings. The van der Waals surface area contributed by atoms with Crippen LogP contribution >= 0.6 is 0 Å². The zero-order valence-corrected chi connectivity index (χ0v) is 15.8. The Hall–Kier alpha value is -3.84. The van der Waals surface area contributed by atoms with Gasteiger partial charge < -0.3 is 20.8 Å². The van der Waals surface area contributed by atoms with Crippen LogP contribution in [0.1, 0.15) is 5.56 Å².